The summed E-state index contributed by atoms with van der Waals surface area (Å²) in [5.41, 5.74) is 2.39. The molecule has 1 unspecified atom stereocenters. The minimum absolute atomic E-state index is 0.111. The van der Waals surface area contributed by atoms with Crippen LogP contribution in [0, 0.1) is 6.92 Å². The summed E-state index contributed by atoms with van der Waals surface area (Å²) in [5.74, 6) is 0.279. The standard InChI is InChI=1S/C26H37N3O5S/c1-6-16-27-26(31)21(3)28(19-22-12-14-24(34-4)15-13-22)25(30)11-8-17-29(35(5,32)33)23-10-7-9-20(2)18-23/h7,9-10,12-15,18,21H,6,8,11,16-17,19H2,1-5H3,(H,27,31). The van der Waals surface area contributed by atoms with Crippen LogP contribution in [-0.2, 0) is 26.2 Å². The number of methoxy groups -OCH3 is 1. The summed E-state index contributed by atoms with van der Waals surface area (Å²) in [6.45, 7) is 6.54. The van der Waals surface area contributed by atoms with Crippen molar-refractivity contribution in [2.45, 2.75) is 52.6 Å². The van der Waals surface area contributed by atoms with Gasteiger partial charge in [-0.05, 0) is 62.1 Å². The molecule has 1 atom stereocenters. The number of benzene rings is 2. The zero-order valence-corrected chi connectivity index (χ0v) is 22.1. The number of sulfonamides is 1. The number of aryl methyl sites for hydroxylation is 1. The number of carbonyl (C=O) groups excluding carboxylic acids is 2. The quantitative estimate of drug-likeness (QED) is 0.451. The zero-order chi connectivity index (χ0) is 26.0. The van der Waals surface area contributed by atoms with Gasteiger partial charge in [0.05, 0.1) is 19.1 Å². The van der Waals surface area contributed by atoms with Gasteiger partial charge in [0.15, 0.2) is 0 Å². The molecular weight excluding hydrogens is 466 g/mol. The van der Waals surface area contributed by atoms with Crippen molar-refractivity contribution in [2.24, 2.45) is 0 Å². The van der Waals surface area contributed by atoms with Crippen LogP contribution in [0.4, 0.5) is 5.69 Å². The fourth-order valence-electron chi connectivity index (χ4n) is 3.69. The van der Waals surface area contributed by atoms with Crippen molar-refractivity contribution in [2.75, 3.05) is 30.8 Å². The third kappa shape index (κ3) is 8.58. The van der Waals surface area contributed by atoms with E-state index in [0.717, 1.165) is 23.8 Å². The van der Waals surface area contributed by atoms with E-state index in [9.17, 15) is 18.0 Å². The summed E-state index contributed by atoms with van der Waals surface area (Å²) in [7, 11) is -1.93. The predicted molar refractivity (Wildman–Crippen MR) is 139 cm³/mol. The fourth-order valence-corrected chi connectivity index (χ4v) is 4.65. The lowest BCUT2D eigenvalue weighted by atomic mass is 10.1. The molecule has 35 heavy (non-hydrogen) atoms. The van der Waals surface area contributed by atoms with Crippen LogP contribution in [0.5, 0.6) is 5.75 Å². The van der Waals surface area contributed by atoms with E-state index >= 15 is 0 Å². The van der Waals surface area contributed by atoms with E-state index in [4.69, 9.17) is 4.74 Å². The molecule has 2 aromatic rings. The number of nitrogens with zero attached hydrogens (tertiary/aromatic N) is 2. The number of hydrogen-bond acceptors (Lipinski definition) is 5. The molecule has 192 valence electrons. The second-order valence-corrected chi connectivity index (χ2v) is 10.5. The molecule has 0 bridgehead atoms. The first-order valence-electron chi connectivity index (χ1n) is 11.8. The number of rotatable bonds is 13. The van der Waals surface area contributed by atoms with E-state index in [1.165, 1.54) is 4.31 Å². The number of hydrogen-bond donors (Lipinski definition) is 1. The summed E-state index contributed by atoms with van der Waals surface area (Å²) in [6, 6.07) is 13.9. The monoisotopic (exact) mass is 503 g/mol. The molecular formula is C26H37N3O5S. The first-order valence-corrected chi connectivity index (χ1v) is 13.7. The molecule has 1 N–H and O–H groups in total. The van der Waals surface area contributed by atoms with Gasteiger partial charge in [0.1, 0.15) is 11.8 Å². The average molecular weight is 504 g/mol. The maximum atomic E-state index is 13.3. The maximum Gasteiger partial charge on any atom is 0.242 e. The van der Waals surface area contributed by atoms with E-state index < -0.39 is 16.1 Å². The van der Waals surface area contributed by atoms with Crippen LogP contribution in [-0.4, -0.2) is 57.6 Å². The predicted octanol–water partition coefficient (Wildman–Crippen LogP) is 3.49. The van der Waals surface area contributed by atoms with Gasteiger partial charge in [0.25, 0.3) is 0 Å². The minimum atomic E-state index is -3.52. The van der Waals surface area contributed by atoms with Crippen LogP contribution in [0.2, 0.25) is 0 Å². The Labute approximate surface area is 209 Å². The highest BCUT2D eigenvalue weighted by Crippen LogP contribution is 2.20. The van der Waals surface area contributed by atoms with Crippen molar-refractivity contribution in [1.82, 2.24) is 10.2 Å². The molecule has 8 nitrogen and oxygen atoms in total. The number of amides is 2. The van der Waals surface area contributed by atoms with Crippen molar-refractivity contribution in [1.29, 1.82) is 0 Å². The van der Waals surface area contributed by atoms with Gasteiger partial charge in [0.2, 0.25) is 21.8 Å². The second-order valence-electron chi connectivity index (χ2n) is 8.61. The summed E-state index contributed by atoms with van der Waals surface area (Å²) in [5, 5.41) is 2.85. The van der Waals surface area contributed by atoms with Crippen LogP contribution < -0.4 is 14.4 Å². The molecule has 0 aliphatic heterocycles. The molecule has 9 heteroatoms. The second kappa shape index (κ2) is 13.1. The summed E-state index contributed by atoms with van der Waals surface area (Å²) < 4.78 is 31.3. The normalized spacial score (nSPS) is 12.0. The Balaban J connectivity index is 2.15. The summed E-state index contributed by atoms with van der Waals surface area (Å²) >= 11 is 0. The first-order chi connectivity index (χ1) is 16.6. The molecule has 0 radical (unpaired) electrons. The molecule has 0 heterocycles. The first kappa shape index (κ1) is 28.2. The van der Waals surface area contributed by atoms with Gasteiger partial charge >= 0.3 is 0 Å². The van der Waals surface area contributed by atoms with Gasteiger partial charge in [-0.3, -0.25) is 13.9 Å². The molecule has 2 rings (SSSR count). The topological polar surface area (TPSA) is 96.0 Å². The van der Waals surface area contributed by atoms with Crippen molar-refractivity contribution in [3.8, 4) is 5.75 Å². The number of nitrogens with one attached hydrogen (secondary N) is 1. The number of ether oxygens (including phenoxy) is 1. The van der Waals surface area contributed by atoms with E-state index in [2.05, 4.69) is 5.32 Å². The lowest BCUT2D eigenvalue weighted by Gasteiger charge is -2.29. The minimum Gasteiger partial charge on any atom is -0.497 e. The van der Waals surface area contributed by atoms with Gasteiger partial charge in [-0.25, -0.2) is 8.42 Å². The highest BCUT2D eigenvalue weighted by molar-refractivity contribution is 7.92. The Hall–Kier alpha value is -3.07. The molecule has 0 aliphatic rings. The Morgan fingerprint density at radius 2 is 1.80 bits per heavy atom. The molecule has 0 saturated heterocycles. The smallest absolute Gasteiger partial charge is 0.242 e. The Morgan fingerprint density at radius 3 is 2.37 bits per heavy atom. The SMILES string of the molecule is CCCNC(=O)C(C)N(Cc1ccc(OC)cc1)C(=O)CCCN(c1cccc(C)c1)S(C)(=O)=O. The van der Waals surface area contributed by atoms with Gasteiger partial charge < -0.3 is 15.0 Å². The van der Waals surface area contributed by atoms with Crippen molar-refractivity contribution in [3.63, 3.8) is 0 Å². The fraction of sp³-hybridized carbons (Fsp3) is 0.462. The van der Waals surface area contributed by atoms with Crippen LogP contribution in [0.15, 0.2) is 48.5 Å². The highest BCUT2D eigenvalue weighted by Gasteiger charge is 2.26. The molecule has 0 fully saturated rings. The lowest BCUT2D eigenvalue weighted by molar-refractivity contribution is -0.140. The Morgan fingerprint density at radius 1 is 1.11 bits per heavy atom. The van der Waals surface area contributed by atoms with Gasteiger partial charge in [0, 0.05) is 26.1 Å². The van der Waals surface area contributed by atoms with E-state index in [1.807, 2.05) is 44.2 Å². The molecule has 0 spiro atoms. The maximum absolute atomic E-state index is 13.3. The molecule has 0 aromatic heterocycles. The largest absolute Gasteiger partial charge is 0.497 e. The van der Waals surface area contributed by atoms with Crippen molar-refractivity contribution >= 4 is 27.5 Å². The molecule has 0 aliphatic carbocycles. The Kier molecular flexibility index (Phi) is 10.6. The van der Waals surface area contributed by atoms with E-state index in [0.29, 0.717) is 24.4 Å². The van der Waals surface area contributed by atoms with Crippen molar-refractivity contribution < 1.29 is 22.7 Å². The van der Waals surface area contributed by atoms with Crippen LogP contribution in [0.25, 0.3) is 0 Å². The third-order valence-electron chi connectivity index (χ3n) is 5.67. The van der Waals surface area contributed by atoms with Gasteiger partial charge in [-0.1, -0.05) is 31.2 Å². The number of carbonyl (C=O) groups is 2. The van der Waals surface area contributed by atoms with Gasteiger partial charge in [-0.15, -0.1) is 0 Å². The van der Waals surface area contributed by atoms with E-state index in [-0.39, 0.29) is 31.3 Å². The summed E-state index contributed by atoms with van der Waals surface area (Å²) in [6.07, 6.45) is 2.39. The zero-order valence-electron chi connectivity index (χ0n) is 21.3. The third-order valence-corrected chi connectivity index (χ3v) is 6.86. The number of anilines is 1. The average Bonchev–Trinajstić information content (AvgIpc) is 2.82. The van der Waals surface area contributed by atoms with E-state index in [1.54, 1.807) is 37.1 Å². The van der Waals surface area contributed by atoms with Crippen LogP contribution >= 0.6 is 0 Å². The van der Waals surface area contributed by atoms with Gasteiger partial charge in [-0.2, -0.15) is 0 Å². The lowest BCUT2D eigenvalue weighted by Crippen LogP contribution is -2.47. The molecule has 2 amide bonds. The van der Waals surface area contributed by atoms with Crippen LogP contribution in [0.3, 0.4) is 0 Å². The van der Waals surface area contributed by atoms with Crippen LogP contribution in [0.1, 0.15) is 44.2 Å². The highest BCUT2D eigenvalue weighted by atomic mass is 32.2. The van der Waals surface area contributed by atoms with Crippen molar-refractivity contribution in [3.05, 3.63) is 59.7 Å². The Bertz CT molecular complexity index is 1090. The summed E-state index contributed by atoms with van der Waals surface area (Å²) in [4.78, 5) is 27.5. The molecule has 2 aromatic carbocycles. The molecule has 0 saturated carbocycles.